The van der Waals surface area contributed by atoms with Gasteiger partial charge >= 0.3 is 5.97 Å². The van der Waals surface area contributed by atoms with Crippen LogP contribution in [0.1, 0.15) is 144 Å². The maximum Gasteiger partial charge on any atom is 0.353 e. The maximum atomic E-state index is 14.5. The topological polar surface area (TPSA) is 294 Å². The number of methoxy groups -OCH3 is 1. The van der Waals surface area contributed by atoms with Gasteiger partial charge in [0.05, 0.1) is 33.4 Å². The number of ketones is 1. The summed E-state index contributed by atoms with van der Waals surface area (Å²) in [5.41, 5.74) is 8.65. The van der Waals surface area contributed by atoms with Crippen molar-refractivity contribution in [2.45, 2.75) is 165 Å². The lowest BCUT2D eigenvalue weighted by atomic mass is 9.91. The van der Waals surface area contributed by atoms with Gasteiger partial charge in [-0.15, -0.1) is 5.06 Å². The van der Waals surface area contributed by atoms with Gasteiger partial charge in [0.1, 0.15) is 24.2 Å². The Morgan fingerprint density at radius 1 is 0.711 bits per heavy atom. The van der Waals surface area contributed by atoms with Crippen molar-refractivity contribution in [3.63, 3.8) is 0 Å². The monoisotopic (exact) mass is 1410 g/mol. The number of amides is 6. The molecule has 5 aromatic rings. The van der Waals surface area contributed by atoms with Crippen molar-refractivity contribution in [1.29, 1.82) is 0 Å². The third-order valence-corrected chi connectivity index (χ3v) is 25.3. The van der Waals surface area contributed by atoms with E-state index in [4.69, 9.17) is 23.2 Å². The van der Waals surface area contributed by atoms with Crippen molar-refractivity contribution in [2.75, 3.05) is 32.4 Å². The molecule has 1 saturated heterocycles. The zero-order valence-electron chi connectivity index (χ0n) is 55.6. The predicted octanol–water partition coefficient (Wildman–Crippen LogP) is 8.71. The summed E-state index contributed by atoms with van der Waals surface area (Å²) in [7, 11) is -2.53. The van der Waals surface area contributed by atoms with E-state index in [0.29, 0.717) is 87.2 Å². The average molecular weight is 1410 g/mol. The summed E-state index contributed by atoms with van der Waals surface area (Å²) in [6.45, 7) is 10.8. The molecular formula is C70H81N5O18S4. The van der Waals surface area contributed by atoms with E-state index >= 15 is 0 Å². The molecule has 518 valence electrons. The number of Topliss-reactive ketones (excluding diaryl/α,β-unsaturated/α-hetero) is 1. The molecule has 23 nitrogen and oxygen atoms in total. The number of rotatable bonds is 27. The molecule has 6 amide bonds. The first-order valence-corrected chi connectivity index (χ1v) is 37.4. The fourth-order valence-corrected chi connectivity index (χ4v) is 18.0. The number of hydroxylamine groups is 2. The van der Waals surface area contributed by atoms with Crippen LogP contribution in [0.5, 0.6) is 17.2 Å². The Bertz CT molecular complexity index is 4160. The standard InChI is InChI=1S/C70H81N5O18S4/c1-40-24-54-51(34-62(97(86,87)90-9)56-31-47-15-11-13-17-50(47)37-74(56)68(54)82)33-58(40)91-38-44-27-45(39-92-60-32-48-18-19-53-30-46-14-10-12-16-49(46)36-73(53)67(81)55(48)35-59(60)88-7)29-52(28-44)72-65(79)41(2)25-57(76)43(4)71-63(77)20-22-70(5,6)95-94-23-21-61(96(84,85)89-8)69(83)93-75-64(78)26-42(3)66(75)80/h10-17,24,27-29,32-33,35,41-43,53,56,61-62H,18-23,25-26,30-31,34,36-39H2,1-9H3,(H,71,77)(H,72,79)/t41-,42?,43+,53-,56+,61?,62?/m1/s1. The molecular weight excluding hydrogens is 1330 g/mol. The van der Waals surface area contributed by atoms with Crippen molar-refractivity contribution in [1.82, 2.24) is 20.2 Å². The molecule has 1 fully saturated rings. The molecule has 0 spiro atoms. The predicted molar refractivity (Wildman–Crippen MR) is 363 cm³/mol. The lowest BCUT2D eigenvalue weighted by Crippen LogP contribution is -2.52. The lowest BCUT2D eigenvalue weighted by Gasteiger charge is -2.38. The number of hydrogen-bond donors (Lipinski definition) is 2. The van der Waals surface area contributed by atoms with Crippen LogP contribution >= 0.6 is 21.6 Å². The van der Waals surface area contributed by atoms with Gasteiger partial charge in [0.15, 0.2) is 22.5 Å². The first kappa shape index (κ1) is 71.9. The Morgan fingerprint density at radius 2 is 1.33 bits per heavy atom. The molecule has 0 aliphatic carbocycles. The Balaban J connectivity index is 0.803. The number of ether oxygens (including phenoxy) is 3. The van der Waals surface area contributed by atoms with E-state index in [0.717, 1.165) is 49.3 Å². The molecule has 7 atom stereocenters. The van der Waals surface area contributed by atoms with E-state index in [1.807, 2.05) is 67.3 Å². The quantitative estimate of drug-likeness (QED) is 0.0215. The van der Waals surface area contributed by atoms with Crippen LogP contribution in [0.25, 0.3) is 0 Å². The molecule has 5 aliphatic rings. The number of aryl methyl sites for hydroxylation is 2. The van der Waals surface area contributed by atoms with Crippen LogP contribution in [-0.2, 0) is 114 Å². The highest BCUT2D eigenvalue weighted by Crippen LogP contribution is 2.42. The minimum atomic E-state index is -4.48. The molecule has 0 saturated carbocycles. The van der Waals surface area contributed by atoms with Crippen LogP contribution in [0.15, 0.2) is 91.0 Å². The number of carbonyl (C=O) groups is 8. The first-order valence-electron chi connectivity index (χ1n) is 32.2. The molecule has 0 aromatic heterocycles. The van der Waals surface area contributed by atoms with Crippen molar-refractivity contribution < 1.29 is 82.6 Å². The van der Waals surface area contributed by atoms with E-state index in [1.165, 1.54) is 48.1 Å². The van der Waals surface area contributed by atoms with Crippen molar-refractivity contribution >= 4 is 94.7 Å². The van der Waals surface area contributed by atoms with Gasteiger partial charge < -0.3 is 39.5 Å². The molecule has 0 bridgehead atoms. The Kier molecular flexibility index (Phi) is 22.3. The summed E-state index contributed by atoms with van der Waals surface area (Å²) in [6.07, 6.45) is 2.10. The molecule has 5 aliphatic heterocycles. The van der Waals surface area contributed by atoms with Crippen molar-refractivity contribution in [2.24, 2.45) is 11.8 Å². The molecule has 3 unspecified atom stereocenters. The lowest BCUT2D eigenvalue weighted by molar-refractivity contribution is -0.197. The van der Waals surface area contributed by atoms with Crippen LogP contribution < -0.4 is 24.8 Å². The molecule has 27 heteroatoms. The number of carbonyl (C=O) groups excluding carboxylic acids is 8. The fourth-order valence-electron chi connectivity index (χ4n) is 13.0. The third-order valence-electron chi connectivity index (χ3n) is 18.6. The van der Waals surface area contributed by atoms with Crippen molar-refractivity contribution in [3.05, 3.63) is 152 Å². The van der Waals surface area contributed by atoms with E-state index in [1.54, 1.807) is 49.1 Å². The van der Waals surface area contributed by atoms with Crippen LogP contribution in [0.3, 0.4) is 0 Å². The van der Waals surface area contributed by atoms with E-state index in [-0.39, 0.29) is 75.5 Å². The first-order chi connectivity index (χ1) is 46.1. The molecule has 10 rings (SSSR count). The Labute approximate surface area is 573 Å². The summed E-state index contributed by atoms with van der Waals surface area (Å²) in [6, 6.07) is 26.6. The minimum Gasteiger partial charge on any atom is -0.493 e. The van der Waals surface area contributed by atoms with Crippen LogP contribution in [0.4, 0.5) is 5.69 Å². The summed E-state index contributed by atoms with van der Waals surface area (Å²) >= 11 is 0. The van der Waals surface area contributed by atoms with E-state index in [9.17, 15) is 55.2 Å². The highest BCUT2D eigenvalue weighted by molar-refractivity contribution is 8.77. The Morgan fingerprint density at radius 3 is 1.97 bits per heavy atom. The summed E-state index contributed by atoms with van der Waals surface area (Å²) in [5.74, 6) is -4.88. The normalized spacial score (nSPS) is 19.3. The average Bonchev–Trinajstić information content (AvgIpc) is 1.66. The highest BCUT2D eigenvalue weighted by atomic mass is 33.1. The van der Waals surface area contributed by atoms with Gasteiger partial charge in [0.2, 0.25) is 11.8 Å². The van der Waals surface area contributed by atoms with Gasteiger partial charge in [-0.1, -0.05) is 84.0 Å². The zero-order valence-corrected chi connectivity index (χ0v) is 58.9. The van der Waals surface area contributed by atoms with Gasteiger partial charge in [-0.25, -0.2) is 4.79 Å². The number of anilines is 1. The van der Waals surface area contributed by atoms with E-state index in [2.05, 4.69) is 26.9 Å². The summed E-state index contributed by atoms with van der Waals surface area (Å²) in [4.78, 5) is 116. The number of imide groups is 1. The second-order valence-corrected chi connectivity index (χ2v) is 33.0. The van der Waals surface area contributed by atoms with Gasteiger partial charge in [-0.3, -0.25) is 41.9 Å². The largest absolute Gasteiger partial charge is 0.493 e. The molecule has 5 heterocycles. The second kappa shape index (κ2) is 30.1. The smallest absolute Gasteiger partial charge is 0.353 e. The number of benzene rings is 5. The van der Waals surface area contributed by atoms with Crippen LogP contribution in [0.2, 0.25) is 0 Å². The molecule has 97 heavy (non-hydrogen) atoms. The van der Waals surface area contributed by atoms with Crippen LogP contribution in [-0.4, -0.2) is 139 Å². The SMILES string of the molecule is COc1cc2c(cc1OCc1cc(COc3cc4c(cc3C)C(=O)N3Cc5ccccc5C[C@H]3C(S(=O)(=O)OC)C4)cc(NC(=O)[C@H](C)CC(=O)[C@H](C)NC(=O)CCC(C)(C)SSCCC(C(=O)ON3C(=O)CC(C)C3=O)S(=O)(=O)OC)c1)CC[C@@H]1Cc3ccccc3CN1C2=O. The number of nitrogens with one attached hydrogen (secondary N) is 2. The number of fused-ring (bicyclic) bond motifs is 6. The Hall–Kier alpha value is -7.82. The molecule has 2 N–H and O–H groups in total. The second-order valence-electron chi connectivity index (χ2n) is 26.0. The fraction of sp³-hybridized carbons (Fsp3) is 0.457. The van der Waals surface area contributed by atoms with Gasteiger partial charge in [-0.05, 0) is 165 Å². The van der Waals surface area contributed by atoms with Crippen LogP contribution in [0, 0.1) is 18.8 Å². The highest BCUT2D eigenvalue weighted by Gasteiger charge is 2.47. The zero-order chi connectivity index (χ0) is 69.8. The van der Waals surface area contributed by atoms with Gasteiger partial charge in [0, 0.05) is 77.5 Å². The number of hydrogen-bond acceptors (Lipinski definition) is 20. The van der Waals surface area contributed by atoms with Crippen molar-refractivity contribution in [3.8, 4) is 17.2 Å². The van der Waals surface area contributed by atoms with Gasteiger partial charge in [0.25, 0.3) is 43.9 Å². The maximum absolute atomic E-state index is 14.5. The third kappa shape index (κ3) is 16.5. The minimum absolute atomic E-state index is 0.0110. The molecule has 0 radical (unpaired) electrons. The number of nitrogens with zero attached hydrogens (tertiary/aromatic N) is 3. The summed E-state index contributed by atoms with van der Waals surface area (Å²) < 4.78 is 81.1. The summed E-state index contributed by atoms with van der Waals surface area (Å²) in [5, 5.41) is 3.10. The van der Waals surface area contributed by atoms with Gasteiger partial charge in [-0.2, -0.15) is 16.8 Å². The van der Waals surface area contributed by atoms with E-state index < -0.39 is 94.8 Å². The molecule has 5 aromatic carbocycles.